The Morgan fingerprint density at radius 1 is 1.32 bits per heavy atom. The average molecular weight is 437 g/mol. The molecule has 1 aliphatic heterocycles. The monoisotopic (exact) mass is 437 g/mol. The van der Waals surface area contributed by atoms with Crippen LogP contribution in [0, 0.1) is 0 Å². The molecule has 1 heterocycles. The molecular formula is C15H24IN3O2S. The summed E-state index contributed by atoms with van der Waals surface area (Å²) in [6.45, 7) is 4.82. The van der Waals surface area contributed by atoms with Crippen LogP contribution in [0.25, 0.3) is 0 Å². The first-order valence-corrected chi connectivity index (χ1v) is 9.33. The van der Waals surface area contributed by atoms with E-state index in [0.717, 1.165) is 32.0 Å². The molecule has 0 fully saturated rings. The molecule has 0 amide bonds. The van der Waals surface area contributed by atoms with Gasteiger partial charge in [0.05, 0.1) is 12.3 Å². The highest BCUT2D eigenvalue weighted by Crippen LogP contribution is 2.18. The van der Waals surface area contributed by atoms with Gasteiger partial charge in [-0.2, -0.15) is 0 Å². The Morgan fingerprint density at radius 3 is 2.64 bits per heavy atom. The van der Waals surface area contributed by atoms with E-state index in [4.69, 9.17) is 0 Å². The van der Waals surface area contributed by atoms with Gasteiger partial charge in [-0.15, -0.1) is 24.0 Å². The lowest BCUT2D eigenvalue weighted by Gasteiger charge is -2.31. The Balaban J connectivity index is 0.00000242. The molecule has 0 bridgehead atoms. The van der Waals surface area contributed by atoms with Gasteiger partial charge in [-0.3, -0.25) is 4.99 Å². The highest BCUT2D eigenvalue weighted by atomic mass is 127. The van der Waals surface area contributed by atoms with Crippen molar-refractivity contribution in [2.45, 2.75) is 19.9 Å². The molecule has 1 aromatic carbocycles. The van der Waals surface area contributed by atoms with Gasteiger partial charge < -0.3 is 10.2 Å². The molecule has 0 saturated heterocycles. The Kier molecular flexibility index (Phi) is 7.61. The number of benzene rings is 1. The largest absolute Gasteiger partial charge is 0.357 e. The molecule has 1 aromatic rings. The second-order valence-corrected chi connectivity index (χ2v) is 7.57. The molecule has 124 valence electrons. The van der Waals surface area contributed by atoms with Crippen LogP contribution in [0.15, 0.2) is 29.3 Å². The van der Waals surface area contributed by atoms with Crippen LogP contribution in [0.3, 0.4) is 0 Å². The zero-order chi connectivity index (χ0) is 15.3. The SMILES string of the molecule is CCNC(=NCCS(C)(=O)=O)N1CCc2ccccc2C1.I. The van der Waals surface area contributed by atoms with Gasteiger partial charge in [0.1, 0.15) is 9.84 Å². The minimum absolute atomic E-state index is 0. The average Bonchev–Trinajstić information content (AvgIpc) is 2.44. The van der Waals surface area contributed by atoms with Crippen LogP contribution in [0.1, 0.15) is 18.1 Å². The first-order valence-electron chi connectivity index (χ1n) is 7.27. The van der Waals surface area contributed by atoms with Gasteiger partial charge in [-0.25, -0.2) is 8.42 Å². The van der Waals surface area contributed by atoms with Gasteiger partial charge >= 0.3 is 0 Å². The van der Waals surface area contributed by atoms with Crippen LogP contribution < -0.4 is 5.32 Å². The van der Waals surface area contributed by atoms with Crippen LogP contribution in [0.4, 0.5) is 0 Å². The van der Waals surface area contributed by atoms with E-state index in [1.54, 1.807) is 0 Å². The molecule has 1 aliphatic rings. The van der Waals surface area contributed by atoms with Crippen molar-refractivity contribution in [3.05, 3.63) is 35.4 Å². The van der Waals surface area contributed by atoms with Gasteiger partial charge in [-0.1, -0.05) is 24.3 Å². The van der Waals surface area contributed by atoms with Crippen molar-refractivity contribution < 1.29 is 8.42 Å². The number of hydrogen-bond acceptors (Lipinski definition) is 3. The summed E-state index contributed by atoms with van der Waals surface area (Å²) in [5, 5.41) is 3.25. The summed E-state index contributed by atoms with van der Waals surface area (Å²) in [6, 6.07) is 8.43. The molecule has 0 radical (unpaired) electrons. The van der Waals surface area contributed by atoms with Crippen molar-refractivity contribution in [3.63, 3.8) is 0 Å². The van der Waals surface area contributed by atoms with Crippen molar-refractivity contribution in [2.75, 3.05) is 31.6 Å². The summed E-state index contributed by atoms with van der Waals surface area (Å²) in [7, 11) is -2.97. The summed E-state index contributed by atoms with van der Waals surface area (Å²) in [6.07, 6.45) is 2.24. The normalized spacial score (nSPS) is 15.0. The first-order chi connectivity index (χ1) is 9.99. The van der Waals surface area contributed by atoms with Crippen LogP contribution in [-0.2, 0) is 22.8 Å². The molecule has 1 N–H and O–H groups in total. The van der Waals surface area contributed by atoms with Gasteiger partial charge in [0.25, 0.3) is 0 Å². The summed E-state index contributed by atoms with van der Waals surface area (Å²) in [5.74, 6) is 0.891. The highest BCUT2D eigenvalue weighted by molar-refractivity contribution is 14.0. The maximum atomic E-state index is 11.2. The number of rotatable bonds is 4. The quantitative estimate of drug-likeness (QED) is 0.443. The lowest BCUT2D eigenvalue weighted by Crippen LogP contribution is -2.44. The van der Waals surface area contributed by atoms with E-state index in [1.165, 1.54) is 17.4 Å². The fraction of sp³-hybridized carbons (Fsp3) is 0.533. The molecule has 0 saturated carbocycles. The zero-order valence-electron chi connectivity index (χ0n) is 13.1. The number of guanidine groups is 1. The van der Waals surface area contributed by atoms with Crippen molar-refractivity contribution in [3.8, 4) is 0 Å². The third kappa shape index (κ3) is 5.75. The van der Waals surface area contributed by atoms with Crippen LogP contribution in [0.5, 0.6) is 0 Å². The van der Waals surface area contributed by atoms with Crippen LogP contribution in [-0.4, -0.2) is 50.9 Å². The van der Waals surface area contributed by atoms with Crippen molar-refractivity contribution in [2.24, 2.45) is 4.99 Å². The van der Waals surface area contributed by atoms with Gasteiger partial charge in [0.15, 0.2) is 5.96 Å². The summed E-state index contributed by atoms with van der Waals surface area (Å²) in [5.41, 5.74) is 2.71. The van der Waals surface area contributed by atoms with Crippen molar-refractivity contribution in [1.82, 2.24) is 10.2 Å². The Labute approximate surface area is 150 Å². The van der Waals surface area contributed by atoms with E-state index in [1.807, 2.05) is 6.92 Å². The van der Waals surface area contributed by atoms with Crippen molar-refractivity contribution >= 4 is 39.8 Å². The van der Waals surface area contributed by atoms with Gasteiger partial charge in [-0.05, 0) is 24.5 Å². The molecule has 0 unspecified atom stereocenters. The fourth-order valence-corrected chi connectivity index (χ4v) is 2.84. The standard InChI is InChI=1S/C15H23N3O2S.HI/c1-3-16-15(17-9-11-21(2,19)20)18-10-8-13-6-4-5-7-14(13)12-18;/h4-7H,3,8-12H2,1-2H3,(H,16,17);1H. The lowest BCUT2D eigenvalue weighted by atomic mass is 10.0. The van der Waals surface area contributed by atoms with Crippen LogP contribution >= 0.6 is 24.0 Å². The maximum absolute atomic E-state index is 11.2. The number of nitrogens with one attached hydrogen (secondary N) is 1. The van der Waals surface area contributed by atoms with Crippen molar-refractivity contribution in [1.29, 1.82) is 0 Å². The fourth-order valence-electron chi connectivity index (χ4n) is 2.42. The predicted octanol–water partition coefficient (Wildman–Crippen LogP) is 1.67. The lowest BCUT2D eigenvalue weighted by molar-refractivity contribution is 0.379. The third-order valence-electron chi connectivity index (χ3n) is 3.49. The molecule has 5 nitrogen and oxygen atoms in total. The summed E-state index contributed by atoms with van der Waals surface area (Å²) >= 11 is 0. The molecule has 22 heavy (non-hydrogen) atoms. The van der Waals surface area contributed by atoms with E-state index < -0.39 is 9.84 Å². The molecular weight excluding hydrogens is 413 g/mol. The zero-order valence-corrected chi connectivity index (χ0v) is 16.2. The van der Waals surface area contributed by atoms with E-state index in [2.05, 4.69) is 39.5 Å². The van der Waals surface area contributed by atoms with E-state index in [0.29, 0.717) is 6.54 Å². The summed E-state index contributed by atoms with van der Waals surface area (Å²) in [4.78, 5) is 6.64. The minimum Gasteiger partial charge on any atom is -0.357 e. The molecule has 0 spiro atoms. The smallest absolute Gasteiger partial charge is 0.194 e. The maximum Gasteiger partial charge on any atom is 0.194 e. The van der Waals surface area contributed by atoms with E-state index in [9.17, 15) is 8.42 Å². The van der Waals surface area contributed by atoms with E-state index >= 15 is 0 Å². The Morgan fingerprint density at radius 2 is 2.00 bits per heavy atom. The number of nitrogens with zero attached hydrogens (tertiary/aromatic N) is 2. The highest BCUT2D eigenvalue weighted by Gasteiger charge is 2.18. The third-order valence-corrected chi connectivity index (χ3v) is 4.41. The number of hydrogen-bond donors (Lipinski definition) is 1. The Hall–Kier alpha value is -0.830. The predicted molar refractivity (Wildman–Crippen MR) is 102 cm³/mol. The molecule has 0 aliphatic carbocycles. The number of halogens is 1. The Bertz CT molecular complexity index is 617. The van der Waals surface area contributed by atoms with Gasteiger partial charge in [0, 0.05) is 25.9 Å². The number of sulfone groups is 1. The second-order valence-electron chi connectivity index (χ2n) is 5.31. The molecule has 2 rings (SSSR count). The molecule has 0 aromatic heterocycles. The summed E-state index contributed by atoms with van der Waals surface area (Å²) < 4.78 is 22.4. The topological polar surface area (TPSA) is 61.8 Å². The van der Waals surface area contributed by atoms with E-state index in [-0.39, 0.29) is 29.7 Å². The van der Waals surface area contributed by atoms with Gasteiger partial charge in [0.2, 0.25) is 0 Å². The number of fused-ring (bicyclic) bond motifs is 1. The number of aliphatic imine (C=N–C) groups is 1. The second kappa shape index (κ2) is 8.71. The first kappa shape index (κ1) is 19.2. The molecule has 7 heteroatoms. The minimum atomic E-state index is -2.97. The molecule has 0 atom stereocenters. The van der Waals surface area contributed by atoms with Crippen LogP contribution in [0.2, 0.25) is 0 Å².